The van der Waals surface area contributed by atoms with Crippen LogP contribution in [0.5, 0.6) is 0 Å². The average Bonchev–Trinajstić information content (AvgIpc) is 2.59. The van der Waals surface area contributed by atoms with Gasteiger partial charge < -0.3 is 5.32 Å². The van der Waals surface area contributed by atoms with E-state index in [1.165, 1.54) is 0 Å². The number of hydrazine groups is 1. The summed E-state index contributed by atoms with van der Waals surface area (Å²) in [5.41, 5.74) is 6.90. The Hall–Kier alpha value is -3.15. The Labute approximate surface area is 140 Å². The van der Waals surface area contributed by atoms with Crippen molar-refractivity contribution in [1.29, 1.82) is 0 Å². The molecule has 0 aromatic heterocycles. The molecule has 0 aliphatic heterocycles. The molecule has 0 atom stereocenters. The number of amides is 3. The largest absolute Gasteiger partial charge is 0.347 e. The fourth-order valence-electron chi connectivity index (χ4n) is 1.97. The molecule has 3 N–H and O–H groups in total. The summed E-state index contributed by atoms with van der Waals surface area (Å²) in [5, 5.41) is 2.50. The summed E-state index contributed by atoms with van der Waals surface area (Å²) >= 11 is 0. The van der Waals surface area contributed by atoms with Gasteiger partial charge in [0, 0.05) is 5.56 Å². The Balaban J connectivity index is 1.70. The molecule has 0 unspecified atom stereocenters. The third-order valence-corrected chi connectivity index (χ3v) is 3.28. The number of rotatable bonds is 5. The molecule has 24 heavy (non-hydrogen) atoms. The van der Waals surface area contributed by atoms with Gasteiger partial charge in [0.25, 0.3) is 11.8 Å². The van der Waals surface area contributed by atoms with E-state index >= 15 is 0 Å². The second-order valence-corrected chi connectivity index (χ2v) is 5.31. The molecule has 0 fully saturated rings. The Bertz CT molecular complexity index is 712. The van der Waals surface area contributed by atoms with Crippen LogP contribution in [0.4, 0.5) is 0 Å². The van der Waals surface area contributed by atoms with E-state index < -0.39 is 11.8 Å². The zero-order valence-electron chi connectivity index (χ0n) is 13.3. The lowest BCUT2D eigenvalue weighted by molar-refractivity contribution is -0.126. The van der Waals surface area contributed by atoms with Gasteiger partial charge in [-0.3, -0.25) is 25.2 Å². The molecule has 2 rings (SSSR count). The van der Waals surface area contributed by atoms with Gasteiger partial charge in [0.15, 0.2) is 0 Å². The van der Waals surface area contributed by atoms with Crippen molar-refractivity contribution >= 4 is 17.7 Å². The van der Waals surface area contributed by atoms with E-state index in [4.69, 9.17) is 0 Å². The molecular formula is C18H19N3O3. The highest BCUT2D eigenvalue weighted by molar-refractivity contribution is 5.95. The Morgan fingerprint density at radius 2 is 1.50 bits per heavy atom. The van der Waals surface area contributed by atoms with Crippen molar-refractivity contribution in [3.8, 4) is 0 Å². The van der Waals surface area contributed by atoms with E-state index in [9.17, 15) is 14.4 Å². The van der Waals surface area contributed by atoms with Gasteiger partial charge in [-0.05, 0) is 24.6 Å². The first-order chi connectivity index (χ1) is 11.5. The van der Waals surface area contributed by atoms with Gasteiger partial charge in [-0.15, -0.1) is 0 Å². The van der Waals surface area contributed by atoms with Crippen LogP contribution in [0.25, 0.3) is 0 Å². The van der Waals surface area contributed by atoms with Gasteiger partial charge in [0.1, 0.15) is 0 Å². The van der Waals surface area contributed by atoms with Crippen LogP contribution in [0.2, 0.25) is 0 Å². The predicted molar refractivity (Wildman–Crippen MR) is 89.9 cm³/mol. The average molecular weight is 325 g/mol. The minimum atomic E-state index is -0.503. The van der Waals surface area contributed by atoms with Gasteiger partial charge in [-0.2, -0.15) is 0 Å². The fraction of sp³-hybridized carbons (Fsp3) is 0.167. The summed E-state index contributed by atoms with van der Waals surface area (Å²) in [7, 11) is 0. The molecule has 0 bridgehead atoms. The van der Waals surface area contributed by atoms with E-state index in [-0.39, 0.29) is 18.9 Å². The van der Waals surface area contributed by atoms with Crippen molar-refractivity contribution in [1.82, 2.24) is 16.2 Å². The summed E-state index contributed by atoms with van der Waals surface area (Å²) in [4.78, 5) is 35.2. The Kier molecular flexibility index (Phi) is 6.08. The zero-order chi connectivity index (χ0) is 17.4. The molecule has 0 aliphatic rings. The van der Waals surface area contributed by atoms with Gasteiger partial charge in [-0.25, -0.2) is 0 Å². The van der Waals surface area contributed by atoms with E-state index in [1.54, 1.807) is 24.3 Å². The topological polar surface area (TPSA) is 87.3 Å². The molecule has 0 heterocycles. The first kappa shape index (κ1) is 17.2. The maximum atomic E-state index is 11.8. The number of nitrogens with one attached hydrogen (secondary N) is 3. The SMILES string of the molecule is Cc1ccc(C(=O)NNC(=O)CNC(=O)Cc2ccccc2)cc1. The molecule has 124 valence electrons. The van der Waals surface area contributed by atoms with Crippen molar-refractivity contribution in [2.75, 3.05) is 6.54 Å². The first-order valence-electron chi connectivity index (χ1n) is 7.51. The summed E-state index contributed by atoms with van der Waals surface area (Å²) in [6.45, 7) is 1.71. The fourth-order valence-corrected chi connectivity index (χ4v) is 1.97. The standard InChI is InChI=1S/C18H19N3O3/c1-13-7-9-15(10-8-13)18(24)21-20-17(23)12-19-16(22)11-14-5-3-2-4-6-14/h2-10H,11-12H2,1H3,(H,19,22)(H,20,23)(H,21,24). The summed E-state index contributed by atoms with van der Waals surface area (Å²) in [5.74, 6) is -1.18. The van der Waals surface area contributed by atoms with Crippen LogP contribution in [-0.2, 0) is 16.0 Å². The third kappa shape index (κ3) is 5.57. The molecule has 0 aliphatic carbocycles. The maximum Gasteiger partial charge on any atom is 0.269 e. The lowest BCUT2D eigenvalue weighted by atomic mass is 10.1. The van der Waals surface area contributed by atoms with E-state index in [2.05, 4.69) is 16.2 Å². The third-order valence-electron chi connectivity index (χ3n) is 3.28. The van der Waals surface area contributed by atoms with E-state index in [0.29, 0.717) is 5.56 Å². The van der Waals surface area contributed by atoms with E-state index in [1.807, 2.05) is 37.3 Å². The number of aryl methyl sites for hydroxylation is 1. The van der Waals surface area contributed by atoms with Crippen molar-refractivity contribution in [2.45, 2.75) is 13.3 Å². The van der Waals surface area contributed by atoms with Gasteiger partial charge in [0.05, 0.1) is 13.0 Å². The molecule has 0 spiro atoms. The van der Waals surface area contributed by atoms with Crippen LogP contribution >= 0.6 is 0 Å². The molecule has 6 heteroatoms. The molecule has 0 saturated heterocycles. The zero-order valence-corrected chi connectivity index (χ0v) is 13.3. The molecule has 6 nitrogen and oxygen atoms in total. The quantitative estimate of drug-likeness (QED) is 0.720. The predicted octanol–water partition coefficient (Wildman–Crippen LogP) is 1.11. The van der Waals surface area contributed by atoms with Gasteiger partial charge in [-0.1, -0.05) is 48.0 Å². The van der Waals surface area contributed by atoms with Crippen LogP contribution in [0.15, 0.2) is 54.6 Å². The minimum Gasteiger partial charge on any atom is -0.347 e. The van der Waals surface area contributed by atoms with Crippen LogP contribution in [0.3, 0.4) is 0 Å². The van der Waals surface area contributed by atoms with Crippen LogP contribution in [-0.4, -0.2) is 24.3 Å². The van der Waals surface area contributed by atoms with Crippen LogP contribution in [0.1, 0.15) is 21.5 Å². The smallest absolute Gasteiger partial charge is 0.269 e. The lowest BCUT2D eigenvalue weighted by Gasteiger charge is -2.08. The summed E-state index contributed by atoms with van der Waals surface area (Å²) < 4.78 is 0. The second kappa shape index (κ2) is 8.47. The number of carbonyl (C=O) groups is 3. The lowest BCUT2D eigenvalue weighted by Crippen LogP contribution is -2.46. The van der Waals surface area contributed by atoms with Crippen molar-refractivity contribution in [2.24, 2.45) is 0 Å². The maximum absolute atomic E-state index is 11.8. The van der Waals surface area contributed by atoms with Crippen molar-refractivity contribution in [3.05, 3.63) is 71.3 Å². The molecule has 0 radical (unpaired) electrons. The first-order valence-corrected chi connectivity index (χ1v) is 7.51. The number of hydrogen-bond acceptors (Lipinski definition) is 3. The molecule has 0 saturated carbocycles. The van der Waals surface area contributed by atoms with Crippen LogP contribution in [0, 0.1) is 6.92 Å². The molecular weight excluding hydrogens is 306 g/mol. The molecule has 3 amide bonds. The highest BCUT2D eigenvalue weighted by atomic mass is 16.2. The normalized spacial score (nSPS) is 9.88. The Morgan fingerprint density at radius 1 is 0.833 bits per heavy atom. The van der Waals surface area contributed by atoms with Crippen molar-refractivity contribution in [3.63, 3.8) is 0 Å². The number of hydrogen-bond donors (Lipinski definition) is 3. The molecule has 2 aromatic carbocycles. The Morgan fingerprint density at radius 3 is 2.17 bits per heavy atom. The molecule has 2 aromatic rings. The number of carbonyl (C=O) groups excluding carboxylic acids is 3. The van der Waals surface area contributed by atoms with Gasteiger partial charge in [0.2, 0.25) is 5.91 Å². The monoisotopic (exact) mass is 325 g/mol. The van der Waals surface area contributed by atoms with E-state index in [0.717, 1.165) is 11.1 Å². The second-order valence-electron chi connectivity index (χ2n) is 5.31. The minimum absolute atomic E-state index is 0.198. The number of benzene rings is 2. The highest BCUT2D eigenvalue weighted by Crippen LogP contribution is 2.02. The van der Waals surface area contributed by atoms with Crippen LogP contribution < -0.4 is 16.2 Å². The summed E-state index contributed by atoms with van der Waals surface area (Å²) in [6, 6.07) is 16.2. The summed E-state index contributed by atoms with van der Waals surface area (Å²) in [6.07, 6.45) is 0.198. The van der Waals surface area contributed by atoms with Gasteiger partial charge >= 0.3 is 0 Å². The van der Waals surface area contributed by atoms with Crippen molar-refractivity contribution < 1.29 is 14.4 Å². The highest BCUT2D eigenvalue weighted by Gasteiger charge is 2.09.